The zero-order chi connectivity index (χ0) is 14.5. The molecule has 1 rings (SSSR count). The molecule has 0 aromatic carbocycles. The molecule has 0 aliphatic carbocycles. The van der Waals surface area contributed by atoms with Crippen molar-refractivity contribution >= 4 is 25.6 Å². The summed E-state index contributed by atoms with van der Waals surface area (Å²) in [6.45, 7) is 4.10. The van der Waals surface area contributed by atoms with Gasteiger partial charge in [0.25, 0.3) is 15.0 Å². The highest BCUT2D eigenvalue weighted by Crippen LogP contribution is 2.23. The molecule has 0 bridgehead atoms. The molecule has 0 atom stereocenters. The largest absolute Gasteiger partial charge is 0.455 e. The molecule has 1 heterocycles. The average molecular weight is 308 g/mol. The summed E-state index contributed by atoms with van der Waals surface area (Å²) in [4.78, 5) is 11.6. The fourth-order valence-electron chi connectivity index (χ4n) is 1.66. The van der Waals surface area contributed by atoms with Crippen LogP contribution in [0.2, 0.25) is 0 Å². The minimum atomic E-state index is -3.88. The van der Waals surface area contributed by atoms with E-state index in [-0.39, 0.29) is 16.4 Å². The Balaban J connectivity index is 2.59. The standard InChI is InChI=1S/C12H18ClNO4S/c1-3-4-5-6-7-14-12(15)10-8-11(9(2)18-10)19(13,16)17/h8H,3-7H2,1-2H3,(H,14,15). The van der Waals surface area contributed by atoms with Gasteiger partial charge in [0, 0.05) is 23.3 Å². The quantitative estimate of drug-likeness (QED) is 0.621. The van der Waals surface area contributed by atoms with Gasteiger partial charge in [0.15, 0.2) is 5.76 Å². The smallest absolute Gasteiger partial charge is 0.287 e. The first kappa shape index (κ1) is 16.0. The lowest BCUT2D eigenvalue weighted by Gasteiger charge is -2.02. The molecule has 1 amide bonds. The normalized spacial score (nSPS) is 11.5. The number of amides is 1. The molecule has 7 heteroatoms. The third-order valence-corrected chi connectivity index (χ3v) is 4.10. The second kappa shape index (κ2) is 6.96. The van der Waals surface area contributed by atoms with Crippen molar-refractivity contribution in [3.63, 3.8) is 0 Å². The first-order valence-electron chi connectivity index (χ1n) is 6.19. The van der Waals surface area contributed by atoms with Crippen LogP contribution in [0.25, 0.3) is 0 Å². The highest BCUT2D eigenvalue weighted by Gasteiger charge is 2.21. The topological polar surface area (TPSA) is 76.4 Å². The summed E-state index contributed by atoms with van der Waals surface area (Å²) in [7, 11) is 1.34. The molecule has 0 aliphatic rings. The molecule has 0 spiro atoms. The van der Waals surface area contributed by atoms with Gasteiger partial charge in [-0.25, -0.2) is 8.42 Å². The van der Waals surface area contributed by atoms with Gasteiger partial charge in [-0.1, -0.05) is 26.2 Å². The first-order chi connectivity index (χ1) is 8.86. The van der Waals surface area contributed by atoms with Crippen LogP contribution in [-0.4, -0.2) is 20.9 Å². The Morgan fingerprint density at radius 3 is 2.58 bits per heavy atom. The average Bonchev–Trinajstić information content (AvgIpc) is 2.70. The number of rotatable bonds is 7. The minimum Gasteiger partial charge on any atom is -0.455 e. The summed E-state index contributed by atoms with van der Waals surface area (Å²) in [5.74, 6) is -0.343. The Kier molecular flexibility index (Phi) is 5.87. The van der Waals surface area contributed by atoms with Crippen LogP contribution in [0.15, 0.2) is 15.4 Å². The van der Waals surface area contributed by atoms with E-state index in [4.69, 9.17) is 15.1 Å². The second-order valence-electron chi connectivity index (χ2n) is 4.29. The summed E-state index contributed by atoms with van der Waals surface area (Å²) < 4.78 is 27.5. The van der Waals surface area contributed by atoms with E-state index in [1.54, 1.807) is 0 Å². The van der Waals surface area contributed by atoms with Crippen LogP contribution in [0.5, 0.6) is 0 Å². The van der Waals surface area contributed by atoms with Gasteiger partial charge >= 0.3 is 0 Å². The Morgan fingerprint density at radius 2 is 2.05 bits per heavy atom. The van der Waals surface area contributed by atoms with E-state index in [0.29, 0.717) is 6.54 Å². The van der Waals surface area contributed by atoms with Crippen molar-refractivity contribution in [1.29, 1.82) is 0 Å². The molecular weight excluding hydrogens is 290 g/mol. The van der Waals surface area contributed by atoms with Crippen LogP contribution in [0.4, 0.5) is 0 Å². The fraction of sp³-hybridized carbons (Fsp3) is 0.583. The summed E-state index contributed by atoms with van der Waals surface area (Å²) in [5, 5.41) is 2.68. The van der Waals surface area contributed by atoms with Gasteiger partial charge in [-0.3, -0.25) is 4.79 Å². The third-order valence-electron chi connectivity index (χ3n) is 2.67. The number of carbonyl (C=O) groups excluding carboxylic acids is 1. The van der Waals surface area contributed by atoms with Gasteiger partial charge in [0.05, 0.1) is 0 Å². The number of aryl methyl sites for hydroxylation is 1. The van der Waals surface area contributed by atoms with E-state index in [9.17, 15) is 13.2 Å². The highest BCUT2D eigenvalue weighted by molar-refractivity contribution is 8.13. The summed E-state index contributed by atoms with van der Waals surface area (Å²) >= 11 is 0. The molecule has 1 aromatic rings. The monoisotopic (exact) mass is 307 g/mol. The van der Waals surface area contributed by atoms with Crippen molar-refractivity contribution in [1.82, 2.24) is 5.32 Å². The summed E-state index contributed by atoms with van der Waals surface area (Å²) in [6, 6.07) is 1.15. The third kappa shape index (κ3) is 4.87. The van der Waals surface area contributed by atoms with Gasteiger partial charge in [-0.05, 0) is 13.3 Å². The van der Waals surface area contributed by atoms with Crippen LogP contribution < -0.4 is 5.32 Å². The maximum Gasteiger partial charge on any atom is 0.287 e. The van der Waals surface area contributed by atoms with Gasteiger partial charge < -0.3 is 9.73 Å². The van der Waals surface area contributed by atoms with Crippen molar-refractivity contribution in [2.45, 2.75) is 44.4 Å². The molecule has 0 saturated heterocycles. The Morgan fingerprint density at radius 1 is 1.37 bits per heavy atom. The van der Waals surface area contributed by atoms with Crippen LogP contribution >= 0.6 is 10.7 Å². The van der Waals surface area contributed by atoms with E-state index in [0.717, 1.165) is 31.7 Å². The number of nitrogens with one attached hydrogen (secondary N) is 1. The molecule has 1 aromatic heterocycles. The molecule has 0 radical (unpaired) electrons. The van der Waals surface area contributed by atoms with Crippen LogP contribution in [0.3, 0.4) is 0 Å². The Hall–Kier alpha value is -1.01. The molecular formula is C12H18ClNO4S. The zero-order valence-electron chi connectivity index (χ0n) is 11.0. The van der Waals surface area contributed by atoms with Crippen LogP contribution in [0, 0.1) is 6.92 Å². The number of hydrogen-bond donors (Lipinski definition) is 1. The number of furan rings is 1. The van der Waals surface area contributed by atoms with Crippen molar-refractivity contribution in [2.75, 3.05) is 6.54 Å². The molecule has 0 unspecified atom stereocenters. The number of halogens is 1. The van der Waals surface area contributed by atoms with E-state index < -0.39 is 15.0 Å². The van der Waals surface area contributed by atoms with E-state index in [1.165, 1.54) is 6.92 Å². The summed E-state index contributed by atoms with van der Waals surface area (Å²) in [6.07, 6.45) is 4.20. The van der Waals surface area contributed by atoms with Gasteiger partial charge in [0.2, 0.25) is 0 Å². The van der Waals surface area contributed by atoms with Crippen molar-refractivity contribution < 1.29 is 17.6 Å². The molecule has 5 nitrogen and oxygen atoms in total. The van der Waals surface area contributed by atoms with E-state index >= 15 is 0 Å². The summed E-state index contributed by atoms with van der Waals surface area (Å²) in [5.41, 5.74) is 0. The number of hydrogen-bond acceptors (Lipinski definition) is 4. The van der Waals surface area contributed by atoms with Crippen LogP contribution in [-0.2, 0) is 9.05 Å². The van der Waals surface area contributed by atoms with Crippen molar-refractivity contribution in [3.8, 4) is 0 Å². The predicted octanol–water partition coefficient (Wildman–Crippen LogP) is 2.83. The first-order valence-corrected chi connectivity index (χ1v) is 8.50. The lowest BCUT2D eigenvalue weighted by atomic mass is 10.2. The second-order valence-corrected chi connectivity index (χ2v) is 6.82. The predicted molar refractivity (Wildman–Crippen MR) is 73.0 cm³/mol. The van der Waals surface area contributed by atoms with E-state index in [2.05, 4.69) is 12.2 Å². The molecule has 1 N–H and O–H groups in total. The molecule has 19 heavy (non-hydrogen) atoms. The fourth-order valence-corrected chi connectivity index (χ4v) is 2.75. The molecule has 0 fully saturated rings. The van der Waals surface area contributed by atoms with Gasteiger partial charge in [-0.15, -0.1) is 0 Å². The SMILES string of the molecule is CCCCCCNC(=O)c1cc(S(=O)(=O)Cl)c(C)o1. The van der Waals surface area contributed by atoms with Crippen molar-refractivity contribution in [2.24, 2.45) is 0 Å². The number of unbranched alkanes of at least 4 members (excludes halogenated alkanes) is 3. The highest BCUT2D eigenvalue weighted by atomic mass is 35.7. The Bertz CT molecular complexity index is 536. The number of carbonyl (C=O) groups is 1. The lowest BCUT2D eigenvalue weighted by Crippen LogP contribution is -2.23. The minimum absolute atomic E-state index is 0.0350. The molecule has 0 aliphatic heterocycles. The van der Waals surface area contributed by atoms with Crippen LogP contribution in [0.1, 0.15) is 48.9 Å². The maximum absolute atomic E-state index is 11.7. The van der Waals surface area contributed by atoms with Gasteiger partial charge in [-0.2, -0.15) is 0 Å². The van der Waals surface area contributed by atoms with E-state index in [1.807, 2.05) is 0 Å². The maximum atomic E-state index is 11.7. The molecule has 108 valence electrons. The Labute approximate surface area is 117 Å². The lowest BCUT2D eigenvalue weighted by molar-refractivity contribution is 0.0924. The zero-order valence-corrected chi connectivity index (χ0v) is 12.6. The molecule has 0 saturated carbocycles. The van der Waals surface area contributed by atoms with Crippen molar-refractivity contribution in [3.05, 3.63) is 17.6 Å². The van der Waals surface area contributed by atoms with Gasteiger partial charge in [0.1, 0.15) is 10.7 Å².